The zero-order valence-electron chi connectivity index (χ0n) is 10.8. The first kappa shape index (κ1) is 14.4. The molecule has 0 N–H and O–H groups in total. The van der Waals surface area contributed by atoms with Gasteiger partial charge in [0.15, 0.2) is 0 Å². The van der Waals surface area contributed by atoms with E-state index in [0.29, 0.717) is 0 Å². The second-order valence-electron chi connectivity index (χ2n) is 5.31. The van der Waals surface area contributed by atoms with Crippen molar-refractivity contribution in [2.24, 2.45) is 11.8 Å². The average Bonchev–Trinajstić information content (AvgIpc) is 2.70. The second kappa shape index (κ2) is 6.95. The maximum absolute atomic E-state index is 4.65. The molecule has 0 spiro atoms. The summed E-state index contributed by atoms with van der Waals surface area (Å²) >= 11 is 0. The van der Waals surface area contributed by atoms with E-state index in [1.807, 2.05) is 0 Å². The average molecular weight is 300 g/mol. The molecular weight excluding hydrogens is 280 g/mol. The number of benzene rings is 1. The van der Waals surface area contributed by atoms with Crippen LogP contribution in [0.4, 0.5) is 0 Å². The first-order valence-corrected chi connectivity index (χ1v) is 6.63. The van der Waals surface area contributed by atoms with E-state index in [0.717, 1.165) is 30.8 Å². The van der Waals surface area contributed by atoms with Crippen molar-refractivity contribution in [1.29, 1.82) is 0 Å². The van der Waals surface area contributed by atoms with Crippen LogP contribution in [0.5, 0.6) is 0 Å². The molecule has 1 nitrogen and oxygen atoms in total. The third kappa shape index (κ3) is 3.30. The molecule has 1 aromatic rings. The Balaban J connectivity index is 0.00000108. The van der Waals surface area contributed by atoms with Crippen molar-refractivity contribution in [2.75, 3.05) is 13.1 Å². The molecule has 2 heteroatoms. The Kier molecular flexibility index (Phi) is 5.89. The second-order valence-corrected chi connectivity index (χ2v) is 5.31. The molecule has 0 aromatic heterocycles. The van der Waals surface area contributed by atoms with Gasteiger partial charge in [-0.3, -0.25) is 0 Å². The Morgan fingerprint density at radius 1 is 0.941 bits per heavy atom. The van der Waals surface area contributed by atoms with Crippen molar-refractivity contribution in [3.63, 3.8) is 0 Å². The van der Waals surface area contributed by atoms with Gasteiger partial charge in [0.2, 0.25) is 0 Å². The molecule has 3 atom stereocenters. The van der Waals surface area contributed by atoms with Crippen molar-refractivity contribution >= 4 is 0 Å². The van der Waals surface area contributed by atoms with E-state index in [1.165, 1.54) is 25.7 Å². The van der Waals surface area contributed by atoms with Crippen molar-refractivity contribution < 1.29 is 58.2 Å². The Morgan fingerprint density at radius 2 is 1.71 bits per heavy atom. The molecule has 2 fully saturated rings. The van der Waals surface area contributed by atoms with Crippen LogP contribution in [0.3, 0.4) is 0 Å². The summed E-state index contributed by atoms with van der Waals surface area (Å²) in [6.07, 6.45) is 5.62. The van der Waals surface area contributed by atoms with E-state index in [-0.39, 0.29) is 58.2 Å². The first-order valence-electron chi connectivity index (χ1n) is 6.63. The summed E-state index contributed by atoms with van der Waals surface area (Å²) in [6, 6.07) is 11.1. The number of hydrogen-bond donors (Lipinski definition) is 0. The van der Waals surface area contributed by atoms with E-state index < -0.39 is 0 Å². The summed E-state index contributed by atoms with van der Waals surface area (Å²) in [7, 11) is 0. The molecule has 17 heavy (non-hydrogen) atoms. The summed E-state index contributed by atoms with van der Waals surface area (Å²) in [6.45, 7) is 2.25. The van der Waals surface area contributed by atoms with Crippen LogP contribution < -0.4 is 58.2 Å². The molecule has 1 aliphatic heterocycles. The standard InChI is InChI=1S/C15H20N.Rb/c1-2-6-12(7-3-1)14-9-5-4-8-13-10-16-11-15(13)14;/h1-3,6-7,13-15H,4-5,8-11H2;/q-1;+1/t13?,14-,15?;/m1./s1. The van der Waals surface area contributed by atoms with Gasteiger partial charge in [-0.2, -0.15) is 0 Å². The Hall–Kier alpha value is 0.985. The van der Waals surface area contributed by atoms with Crippen LogP contribution >= 0.6 is 0 Å². The number of fused-ring (bicyclic) bond motifs is 1. The maximum atomic E-state index is 4.65. The van der Waals surface area contributed by atoms with Crippen molar-refractivity contribution in [2.45, 2.75) is 31.6 Å². The number of nitrogens with zero attached hydrogens (tertiary/aromatic N) is 1. The van der Waals surface area contributed by atoms with Crippen LogP contribution in [0.2, 0.25) is 0 Å². The van der Waals surface area contributed by atoms with Gasteiger partial charge >= 0.3 is 58.2 Å². The Morgan fingerprint density at radius 3 is 2.53 bits per heavy atom. The van der Waals surface area contributed by atoms with E-state index in [2.05, 4.69) is 35.6 Å². The minimum atomic E-state index is 0. The van der Waals surface area contributed by atoms with Crippen LogP contribution in [0.15, 0.2) is 30.3 Å². The number of rotatable bonds is 1. The van der Waals surface area contributed by atoms with E-state index in [4.69, 9.17) is 0 Å². The molecule has 1 heterocycles. The molecule has 2 unspecified atom stereocenters. The first-order chi connectivity index (χ1) is 7.95. The minimum Gasteiger partial charge on any atom is -0.662 e. The summed E-state index contributed by atoms with van der Waals surface area (Å²) in [5, 5.41) is 4.65. The van der Waals surface area contributed by atoms with Crippen LogP contribution in [0.25, 0.3) is 5.32 Å². The molecule has 2 aliphatic rings. The Bertz CT molecular complexity index is 338. The minimum absolute atomic E-state index is 0. The SMILES string of the molecule is [Rb+].c1ccc([C@H]2CCCCC3C[N-]CC32)cc1. The molecule has 0 amide bonds. The van der Waals surface area contributed by atoms with Crippen LogP contribution in [-0.2, 0) is 0 Å². The summed E-state index contributed by atoms with van der Waals surface area (Å²) in [4.78, 5) is 0. The van der Waals surface area contributed by atoms with Crippen LogP contribution in [0.1, 0.15) is 37.2 Å². The summed E-state index contributed by atoms with van der Waals surface area (Å²) in [5.41, 5.74) is 1.55. The van der Waals surface area contributed by atoms with Gasteiger partial charge in [-0.15, -0.1) is 13.1 Å². The van der Waals surface area contributed by atoms with Crippen molar-refractivity contribution in [3.05, 3.63) is 41.2 Å². The maximum Gasteiger partial charge on any atom is 1.00 e. The normalized spacial score (nSPS) is 32.4. The van der Waals surface area contributed by atoms with Crippen molar-refractivity contribution in [1.82, 2.24) is 0 Å². The fourth-order valence-corrected chi connectivity index (χ4v) is 3.53. The van der Waals surface area contributed by atoms with Crippen LogP contribution in [-0.4, -0.2) is 13.1 Å². The monoisotopic (exact) mass is 299 g/mol. The summed E-state index contributed by atoms with van der Waals surface area (Å²) < 4.78 is 0. The van der Waals surface area contributed by atoms with Gasteiger partial charge < -0.3 is 5.32 Å². The molecule has 1 aromatic carbocycles. The predicted octanol–water partition coefficient (Wildman–Crippen LogP) is 0.968. The largest absolute Gasteiger partial charge is 1.00 e. The quantitative estimate of drug-likeness (QED) is 0.734. The molecule has 1 saturated heterocycles. The van der Waals surface area contributed by atoms with Gasteiger partial charge in [-0.05, 0) is 17.9 Å². The van der Waals surface area contributed by atoms with Gasteiger partial charge in [0.25, 0.3) is 0 Å². The molecular formula is C15H20NRb. The molecule has 1 aliphatic carbocycles. The molecule has 1 saturated carbocycles. The topological polar surface area (TPSA) is 14.1 Å². The fourth-order valence-electron chi connectivity index (χ4n) is 3.53. The third-order valence-electron chi connectivity index (χ3n) is 4.39. The van der Waals surface area contributed by atoms with Gasteiger partial charge in [0, 0.05) is 0 Å². The van der Waals surface area contributed by atoms with Gasteiger partial charge in [0.1, 0.15) is 0 Å². The van der Waals surface area contributed by atoms with E-state index in [9.17, 15) is 0 Å². The predicted molar refractivity (Wildman–Crippen MR) is 67.7 cm³/mol. The smallest absolute Gasteiger partial charge is 0.662 e. The zero-order chi connectivity index (χ0) is 10.8. The molecule has 0 bridgehead atoms. The van der Waals surface area contributed by atoms with Crippen LogP contribution in [0, 0.1) is 11.8 Å². The van der Waals surface area contributed by atoms with Crippen molar-refractivity contribution in [3.8, 4) is 0 Å². The summed E-state index contributed by atoms with van der Waals surface area (Å²) in [5.74, 6) is 2.50. The molecule has 86 valence electrons. The Labute approximate surface area is 154 Å². The third-order valence-corrected chi connectivity index (χ3v) is 4.39. The zero-order valence-corrected chi connectivity index (χ0v) is 15.7. The fraction of sp³-hybridized carbons (Fsp3) is 0.600. The molecule has 3 rings (SSSR count). The van der Waals surface area contributed by atoms with Gasteiger partial charge in [0.05, 0.1) is 0 Å². The van der Waals surface area contributed by atoms with E-state index >= 15 is 0 Å². The van der Waals surface area contributed by atoms with Gasteiger partial charge in [-0.1, -0.05) is 61.4 Å². The number of hydrogen-bond acceptors (Lipinski definition) is 0. The van der Waals surface area contributed by atoms with E-state index in [1.54, 1.807) is 5.56 Å². The molecule has 0 radical (unpaired) electrons. The van der Waals surface area contributed by atoms with Gasteiger partial charge in [-0.25, -0.2) is 0 Å².